The number of benzene rings is 1. The predicted molar refractivity (Wildman–Crippen MR) is 84.4 cm³/mol. The maximum absolute atomic E-state index is 9.72. The lowest BCUT2D eigenvalue weighted by molar-refractivity contribution is -0.00982. The molecule has 21 heavy (non-hydrogen) atoms. The molecule has 1 N–H and O–H groups in total. The van der Waals surface area contributed by atoms with Gasteiger partial charge in [-0.3, -0.25) is 0 Å². The lowest BCUT2D eigenvalue weighted by Crippen LogP contribution is -2.26. The van der Waals surface area contributed by atoms with Crippen molar-refractivity contribution in [3.8, 4) is 5.75 Å². The van der Waals surface area contributed by atoms with Gasteiger partial charge in [0, 0.05) is 5.56 Å². The maximum Gasteiger partial charge on any atom is 0.124 e. The van der Waals surface area contributed by atoms with E-state index in [0.717, 1.165) is 41.6 Å². The number of methoxy groups -OCH3 is 1. The van der Waals surface area contributed by atoms with E-state index in [2.05, 4.69) is 13.8 Å². The van der Waals surface area contributed by atoms with Crippen LogP contribution >= 0.6 is 0 Å². The summed E-state index contributed by atoms with van der Waals surface area (Å²) < 4.78 is 11.5. The molecule has 1 aliphatic carbocycles. The van der Waals surface area contributed by atoms with Crippen LogP contribution in [0.15, 0.2) is 18.2 Å². The summed E-state index contributed by atoms with van der Waals surface area (Å²) in [5.74, 6) is 2.31. The van der Waals surface area contributed by atoms with Crippen molar-refractivity contribution in [1.82, 2.24) is 0 Å². The van der Waals surface area contributed by atoms with Gasteiger partial charge >= 0.3 is 0 Å². The van der Waals surface area contributed by atoms with Crippen LogP contribution in [-0.2, 0) is 11.3 Å². The number of aliphatic hydroxyl groups is 1. The summed E-state index contributed by atoms with van der Waals surface area (Å²) in [4.78, 5) is 0. The molecule has 0 amide bonds. The van der Waals surface area contributed by atoms with Gasteiger partial charge in [0.15, 0.2) is 0 Å². The highest BCUT2D eigenvalue weighted by Crippen LogP contribution is 2.32. The van der Waals surface area contributed by atoms with Gasteiger partial charge in [0.2, 0.25) is 0 Å². The fourth-order valence-electron chi connectivity index (χ4n) is 3.39. The first-order valence-corrected chi connectivity index (χ1v) is 7.96. The lowest BCUT2D eigenvalue weighted by atomic mass is 9.82. The summed E-state index contributed by atoms with van der Waals surface area (Å²) in [5, 5.41) is 9.72. The highest BCUT2D eigenvalue weighted by molar-refractivity contribution is 5.37. The molecule has 118 valence electrons. The van der Waals surface area contributed by atoms with E-state index in [9.17, 15) is 5.11 Å². The standard InChI is InChI=1S/C18H28O3/c1-12-7-13(2)9-17(8-12)21-11-16-10-15(14(3)19)5-6-18(16)20-4/h5-6,10,12-14,17,19H,7-9,11H2,1-4H3. The van der Waals surface area contributed by atoms with Crippen LogP contribution in [0.3, 0.4) is 0 Å². The minimum absolute atomic E-state index is 0.337. The van der Waals surface area contributed by atoms with Crippen LogP contribution in [-0.4, -0.2) is 18.3 Å². The zero-order valence-corrected chi connectivity index (χ0v) is 13.6. The highest BCUT2D eigenvalue weighted by atomic mass is 16.5. The van der Waals surface area contributed by atoms with Crippen molar-refractivity contribution in [2.45, 2.75) is 58.8 Å². The topological polar surface area (TPSA) is 38.7 Å². The van der Waals surface area contributed by atoms with Gasteiger partial charge in [-0.15, -0.1) is 0 Å². The van der Waals surface area contributed by atoms with Crippen LogP contribution in [0.1, 0.15) is 57.3 Å². The molecule has 0 aliphatic heterocycles. The van der Waals surface area contributed by atoms with Crippen LogP contribution in [0.2, 0.25) is 0 Å². The quantitative estimate of drug-likeness (QED) is 0.888. The Kier molecular flexibility index (Phi) is 5.65. The van der Waals surface area contributed by atoms with Gasteiger partial charge in [0.1, 0.15) is 5.75 Å². The Morgan fingerprint density at radius 3 is 2.43 bits per heavy atom. The second kappa shape index (κ2) is 7.28. The van der Waals surface area contributed by atoms with Crippen molar-refractivity contribution >= 4 is 0 Å². The van der Waals surface area contributed by atoms with Crippen LogP contribution in [0.5, 0.6) is 5.75 Å². The monoisotopic (exact) mass is 292 g/mol. The molecule has 0 heterocycles. The van der Waals surface area contributed by atoms with Gasteiger partial charge in [-0.05, 0) is 55.7 Å². The summed E-state index contributed by atoms with van der Waals surface area (Å²) in [5.41, 5.74) is 1.92. The van der Waals surface area contributed by atoms with Crippen molar-refractivity contribution in [2.75, 3.05) is 7.11 Å². The second-order valence-corrected chi connectivity index (χ2v) is 6.60. The second-order valence-electron chi connectivity index (χ2n) is 6.60. The van der Waals surface area contributed by atoms with Gasteiger partial charge in [-0.25, -0.2) is 0 Å². The van der Waals surface area contributed by atoms with Gasteiger partial charge in [0.05, 0.1) is 25.9 Å². The van der Waals surface area contributed by atoms with Crippen LogP contribution < -0.4 is 4.74 Å². The number of hydrogen-bond donors (Lipinski definition) is 1. The highest BCUT2D eigenvalue weighted by Gasteiger charge is 2.24. The molecule has 0 saturated heterocycles. The molecular weight excluding hydrogens is 264 g/mol. The summed E-state index contributed by atoms with van der Waals surface area (Å²) in [6.07, 6.45) is 3.46. The molecule has 1 aromatic rings. The number of rotatable bonds is 5. The molecule has 1 saturated carbocycles. The average molecular weight is 292 g/mol. The Hall–Kier alpha value is -1.06. The van der Waals surface area contributed by atoms with Crippen molar-refractivity contribution in [1.29, 1.82) is 0 Å². The first-order chi connectivity index (χ1) is 9.99. The van der Waals surface area contributed by atoms with E-state index in [0.29, 0.717) is 12.7 Å². The molecule has 3 unspecified atom stereocenters. The minimum atomic E-state index is -0.468. The number of ether oxygens (including phenoxy) is 2. The van der Waals surface area contributed by atoms with E-state index in [1.807, 2.05) is 18.2 Å². The van der Waals surface area contributed by atoms with Gasteiger partial charge < -0.3 is 14.6 Å². The Bertz CT molecular complexity index is 446. The fraction of sp³-hybridized carbons (Fsp3) is 0.667. The molecule has 0 spiro atoms. The normalized spacial score (nSPS) is 27.4. The van der Waals surface area contributed by atoms with Crippen LogP contribution in [0.4, 0.5) is 0 Å². The SMILES string of the molecule is COc1ccc(C(C)O)cc1COC1CC(C)CC(C)C1. The predicted octanol–water partition coefficient (Wildman–Crippen LogP) is 4.09. The molecule has 1 aromatic carbocycles. The largest absolute Gasteiger partial charge is 0.496 e. The minimum Gasteiger partial charge on any atom is -0.496 e. The molecule has 3 heteroatoms. The third-order valence-electron chi connectivity index (χ3n) is 4.40. The Morgan fingerprint density at radius 1 is 1.19 bits per heavy atom. The molecule has 3 nitrogen and oxygen atoms in total. The van der Waals surface area contributed by atoms with E-state index in [1.165, 1.54) is 6.42 Å². The Morgan fingerprint density at radius 2 is 1.86 bits per heavy atom. The van der Waals surface area contributed by atoms with E-state index in [1.54, 1.807) is 14.0 Å². The lowest BCUT2D eigenvalue weighted by Gasteiger charge is -2.31. The summed E-state index contributed by atoms with van der Waals surface area (Å²) in [7, 11) is 1.67. The summed E-state index contributed by atoms with van der Waals surface area (Å²) >= 11 is 0. The molecular formula is C18H28O3. The third-order valence-corrected chi connectivity index (χ3v) is 4.40. The number of aliphatic hydroxyl groups excluding tert-OH is 1. The third kappa shape index (κ3) is 4.45. The first-order valence-electron chi connectivity index (χ1n) is 7.96. The zero-order chi connectivity index (χ0) is 15.4. The van der Waals surface area contributed by atoms with Crippen molar-refractivity contribution < 1.29 is 14.6 Å². The Labute approximate surface area is 128 Å². The molecule has 0 bridgehead atoms. The van der Waals surface area contributed by atoms with E-state index >= 15 is 0 Å². The smallest absolute Gasteiger partial charge is 0.124 e. The van der Waals surface area contributed by atoms with Gasteiger partial charge in [-0.1, -0.05) is 19.9 Å². The van der Waals surface area contributed by atoms with Gasteiger partial charge in [-0.2, -0.15) is 0 Å². The molecule has 1 fully saturated rings. The van der Waals surface area contributed by atoms with Crippen molar-refractivity contribution in [2.24, 2.45) is 11.8 Å². The van der Waals surface area contributed by atoms with Crippen LogP contribution in [0, 0.1) is 11.8 Å². The van der Waals surface area contributed by atoms with Crippen molar-refractivity contribution in [3.63, 3.8) is 0 Å². The molecule has 3 atom stereocenters. The van der Waals surface area contributed by atoms with E-state index in [-0.39, 0.29) is 0 Å². The van der Waals surface area contributed by atoms with Crippen LogP contribution in [0.25, 0.3) is 0 Å². The fourth-order valence-corrected chi connectivity index (χ4v) is 3.39. The molecule has 2 rings (SSSR count). The maximum atomic E-state index is 9.72. The molecule has 0 aromatic heterocycles. The Balaban J connectivity index is 2.02. The summed E-state index contributed by atoms with van der Waals surface area (Å²) in [6, 6.07) is 5.80. The van der Waals surface area contributed by atoms with E-state index < -0.39 is 6.10 Å². The van der Waals surface area contributed by atoms with E-state index in [4.69, 9.17) is 9.47 Å². The first kappa shape index (κ1) is 16.3. The molecule has 1 aliphatic rings. The summed E-state index contributed by atoms with van der Waals surface area (Å²) in [6.45, 7) is 6.94. The van der Waals surface area contributed by atoms with Gasteiger partial charge in [0.25, 0.3) is 0 Å². The average Bonchev–Trinajstić information content (AvgIpc) is 2.43. The van der Waals surface area contributed by atoms with Crippen molar-refractivity contribution in [3.05, 3.63) is 29.3 Å². The zero-order valence-electron chi connectivity index (χ0n) is 13.6. The number of hydrogen-bond acceptors (Lipinski definition) is 3. The molecule has 0 radical (unpaired) electrons.